The van der Waals surface area contributed by atoms with E-state index in [0.717, 1.165) is 13.0 Å². The van der Waals surface area contributed by atoms with Crippen molar-refractivity contribution < 1.29 is 0 Å². The van der Waals surface area contributed by atoms with E-state index in [0.29, 0.717) is 6.04 Å². The van der Waals surface area contributed by atoms with Crippen LogP contribution in [0.25, 0.3) is 0 Å². The first kappa shape index (κ1) is 13.3. The van der Waals surface area contributed by atoms with Gasteiger partial charge < -0.3 is 5.32 Å². The van der Waals surface area contributed by atoms with Gasteiger partial charge in [0.2, 0.25) is 0 Å². The molecule has 18 heavy (non-hydrogen) atoms. The molecule has 1 atom stereocenters. The zero-order valence-corrected chi connectivity index (χ0v) is 12.2. The van der Waals surface area contributed by atoms with Gasteiger partial charge in [-0.05, 0) is 60.3 Å². The van der Waals surface area contributed by atoms with Crippen molar-refractivity contribution in [2.45, 2.75) is 33.2 Å². The van der Waals surface area contributed by atoms with Crippen LogP contribution in [-0.4, -0.2) is 6.54 Å². The smallest absolute Gasteiger partial charge is 0.0369 e. The molecule has 96 valence electrons. The first-order chi connectivity index (χ1) is 8.70. The molecule has 0 aliphatic carbocycles. The van der Waals surface area contributed by atoms with E-state index >= 15 is 0 Å². The molecule has 0 saturated heterocycles. The highest BCUT2D eigenvalue weighted by molar-refractivity contribution is 7.07. The Labute approximate surface area is 114 Å². The van der Waals surface area contributed by atoms with Crippen molar-refractivity contribution in [1.82, 2.24) is 5.32 Å². The maximum Gasteiger partial charge on any atom is 0.0369 e. The van der Waals surface area contributed by atoms with Crippen molar-refractivity contribution in [3.63, 3.8) is 0 Å². The molecule has 0 bridgehead atoms. The summed E-state index contributed by atoms with van der Waals surface area (Å²) in [6.45, 7) is 7.54. The van der Waals surface area contributed by atoms with Crippen molar-refractivity contribution in [3.05, 3.63) is 57.3 Å². The minimum absolute atomic E-state index is 0.432. The van der Waals surface area contributed by atoms with Crippen LogP contribution in [0.15, 0.2) is 35.0 Å². The average Bonchev–Trinajstić information content (AvgIpc) is 2.87. The molecule has 0 radical (unpaired) electrons. The Morgan fingerprint density at radius 2 is 2.06 bits per heavy atom. The third-order valence-electron chi connectivity index (χ3n) is 3.32. The monoisotopic (exact) mass is 259 g/mol. The molecule has 0 aliphatic rings. The normalized spacial score (nSPS) is 12.6. The van der Waals surface area contributed by atoms with Gasteiger partial charge in [-0.1, -0.05) is 30.7 Å². The van der Waals surface area contributed by atoms with E-state index in [1.807, 2.05) is 0 Å². The second kappa shape index (κ2) is 6.17. The molecule has 1 N–H and O–H groups in total. The Kier molecular flexibility index (Phi) is 4.56. The van der Waals surface area contributed by atoms with Crippen LogP contribution < -0.4 is 5.32 Å². The third-order valence-corrected chi connectivity index (χ3v) is 4.03. The number of hydrogen-bond acceptors (Lipinski definition) is 2. The van der Waals surface area contributed by atoms with Crippen LogP contribution in [0.3, 0.4) is 0 Å². The molecule has 1 aromatic carbocycles. The first-order valence-electron chi connectivity index (χ1n) is 6.52. The number of thiophene rings is 1. The Bertz CT molecular complexity index is 488. The number of benzene rings is 1. The molecule has 0 spiro atoms. The van der Waals surface area contributed by atoms with Gasteiger partial charge in [-0.2, -0.15) is 11.3 Å². The van der Waals surface area contributed by atoms with Crippen LogP contribution in [0, 0.1) is 13.8 Å². The fourth-order valence-corrected chi connectivity index (χ4v) is 2.98. The molecule has 2 heteroatoms. The summed E-state index contributed by atoms with van der Waals surface area (Å²) < 4.78 is 0. The van der Waals surface area contributed by atoms with Crippen molar-refractivity contribution in [2.75, 3.05) is 6.54 Å². The first-order valence-corrected chi connectivity index (χ1v) is 7.46. The minimum Gasteiger partial charge on any atom is -0.310 e. The maximum absolute atomic E-state index is 3.59. The molecular weight excluding hydrogens is 238 g/mol. The highest BCUT2D eigenvalue weighted by atomic mass is 32.1. The Balaban J connectivity index is 2.21. The van der Waals surface area contributed by atoms with Crippen molar-refractivity contribution in [2.24, 2.45) is 0 Å². The van der Waals surface area contributed by atoms with Gasteiger partial charge >= 0.3 is 0 Å². The molecule has 1 nitrogen and oxygen atoms in total. The average molecular weight is 259 g/mol. The molecule has 1 heterocycles. The third kappa shape index (κ3) is 3.21. The molecule has 0 fully saturated rings. The molecule has 2 aromatic rings. The molecule has 0 saturated carbocycles. The summed E-state index contributed by atoms with van der Waals surface area (Å²) in [5.74, 6) is 0. The lowest BCUT2D eigenvalue weighted by Crippen LogP contribution is -2.22. The summed E-state index contributed by atoms with van der Waals surface area (Å²) in [4.78, 5) is 0. The van der Waals surface area contributed by atoms with E-state index in [9.17, 15) is 0 Å². The summed E-state index contributed by atoms with van der Waals surface area (Å²) in [6, 6.07) is 9.38. The largest absolute Gasteiger partial charge is 0.310 e. The SMILES string of the molecule is CCNC(Cc1cc(C)ccc1C)c1ccsc1. The molecule has 1 aromatic heterocycles. The van der Waals surface area contributed by atoms with Gasteiger partial charge in [0.15, 0.2) is 0 Å². The fourth-order valence-electron chi connectivity index (χ4n) is 2.27. The van der Waals surface area contributed by atoms with Crippen LogP contribution in [0.2, 0.25) is 0 Å². The lowest BCUT2D eigenvalue weighted by molar-refractivity contribution is 0.550. The maximum atomic E-state index is 3.59. The number of nitrogens with one attached hydrogen (secondary N) is 1. The number of hydrogen-bond donors (Lipinski definition) is 1. The van der Waals surface area contributed by atoms with E-state index in [1.54, 1.807) is 11.3 Å². The highest BCUT2D eigenvalue weighted by Gasteiger charge is 2.12. The summed E-state index contributed by atoms with van der Waals surface area (Å²) in [5.41, 5.74) is 5.59. The van der Waals surface area contributed by atoms with E-state index in [4.69, 9.17) is 0 Å². The van der Waals surface area contributed by atoms with Gasteiger partial charge in [0.1, 0.15) is 0 Å². The van der Waals surface area contributed by atoms with Gasteiger partial charge in [0.25, 0.3) is 0 Å². The second-order valence-corrected chi connectivity index (χ2v) is 5.58. The summed E-state index contributed by atoms with van der Waals surface area (Å²) in [6.07, 6.45) is 1.07. The van der Waals surface area contributed by atoms with Crippen LogP contribution in [-0.2, 0) is 6.42 Å². The Morgan fingerprint density at radius 3 is 2.72 bits per heavy atom. The Morgan fingerprint density at radius 1 is 1.22 bits per heavy atom. The van der Waals surface area contributed by atoms with Crippen LogP contribution >= 0.6 is 11.3 Å². The van der Waals surface area contributed by atoms with E-state index in [-0.39, 0.29) is 0 Å². The zero-order valence-electron chi connectivity index (χ0n) is 11.4. The van der Waals surface area contributed by atoms with Gasteiger partial charge in [-0.15, -0.1) is 0 Å². The van der Waals surface area contributed by atoms with Crippen LogP contribution in [0.5, 0.6) is 0 Å². The summed E-state index contributed by atoms with van der Waals surface area (Å²) in [7, 11) is 0. The van der Waals surface area contributed by atoms with Crippen molar-refractivity contribution in [3.8, 4) is 0 Å². The fraction of sp³-hybridized carbons (Fsp3) is 0.375. The highest BCUT2D eigenvalue weighted by Crippen LogP contribution is 2.23. The minimum atomic E-state index is 0.432. The lowest BCUT2D eigenvalue weighted by Gasteiger charge is -2.18. The van der Waals surface area contributed by atoms with Crippen molar-refractivity contribution >= 4 is 11.3 Å². The van der Waals surface area contributed by atoms with Gasteiger partial charge in [0.05, 0.1) is 0 Å². The molecule has 2 rings (SSSR count). The van der Waals surface area contributed by atoms with Crippen LogP contribution in [0.4, 0.5) is 0 Å². The van der Waals surface area contributed by atoms with E-state index in [2.05, 4.69) is 61.1 Å². The molecular formula is C16H21NS. The summed E-state index contributed by atoms with van der Waals surface area (Å²) in [5, 5.41) is 7.99. The van der Waals surface area contributed by atoms with Crippen molar-refractivity contribution in [1.29, 1.82) is 0 Å². The number of rotatable bonds is 5. The lowest BCUT2D eigenvalue weighted by atomic mass is 9.96. The van der Waals surface area contributed by atoms with Gasteiger partial charge in [0, 0.05) is 6.04 Å². The van der Waals surface area contributed by atoms with E-state index < -0.39 is 0 Å². The summed E-state index contributed by atoms with van der Waals surface area (Å²) >= 11 is 1.77. The molecule has 0 aliphatic heterocycles. The van der Waals surface area contributed by atoms with Crippen LogP contribution in [0.1, 0.15) is 35.2 Å². The van der Waals surface area contributed by atoms with Gasteiger partial charge in [-0.3, -0.25) is 0 Å². The zero-order chi connectivity index (χ0) is 13.0. The number of likely N-dealkylation sites (N-methyl/N-ethyl adjacent to an activating group) is 1. The van der Waals surface area contributed by atoms with E-state index in [1.165, 1.54) is 22.3 Å². The second-order valence-electron chi connectivity index (χ2n) is 4.80. The molecule has 0 amide bonds. The predicted octanol–water partition coefficient (Wildman–Crippen LogP) is 4.26. The van der Waals surface area contributed by atoms with Gasteiger partial charge in [-0.25, -0.2) is 0 Å². The predicted molar refractivity (Wildman–Crippen MR) is 80.4 cm³/mol. The standard InChI is InChI=1S/C16H21NS/c1-4-17-16(14-7-8-18-11-14)10-15-9-12(2)5-6-13(15)3/h5-9,11,16-17H,4,10H2,1-3H3. The quantitative estimate of drug-likeness (QED) is 0.846. The topological polar surface area (TPSA) is 12.0 Å². The molecule has 1 unspecified atom stereocenters. The number of aryl methyl sites for hydroxylation is 2. The Hall–Kier alpha value is -1.12.